The number of rotatable bonds is 6. The first-order valence-electron chi connectivity index (χ1n) is 9.24. The van der Waals surface area contributed by atoms with Crippen LogP contribution < -0.4 is 5.32 Å². The van der Waals surface area contributed by atoms with Crippen LogP contribution in [0.1, 0.15) is 51.5 Å². The summed E-state index contributed by atoms with van der Waals surface area (Å²) in [5.74, 6) is 0.551. The topological polar surface area (TPSA) is 35.6 Å². The summed E-state index contributed by atoms with van der Waals surface area (Å²) < 4.78 is 0. The molecular weight excluding hydrogens is 298 g/mol. The molecule has 2 rings (SSSR count). The molecule has 1 N–H and O–H groups in total. The van der Waals surface area contributed by atoms with Gasteiger partial charge in [-0.1, -0.05) is 32.0 Å². The quantitative estimate of drug-likeness (QED) is 0.866. The number of anilines is 1. The van der Waals surface area contributed by atoms with E-state index in [4.69, 9.17) is 0 Å². The molecule has 0 aliphatic carbocycles. The average Bonchev–Trinajstić information content (AvgIpc) is 2.60. The van der Waals surface area contributed by atoms with Crippen LogP contribution in [-0.2, 0) is 4.79 Å². The lowest BCUT2D eigenvalue weighted by atomic mass is 9.96. The lowest BCUT2D eigenvalue weighted by Gasteiger charge is -2.38. The molecule has 24 heavy (non-hydrogen) atoms. The number of likely N-dealkylation sites (N-methyl/N-ethyl adjacent to an activating group) is 1. The van der Waals surface area contributed by atoms with Gasteiger partial charge in [0.05, 0.1) is 6.04 Å². The average molecular weight is 332 g/mol. The zero-order valence-corrected chi connectivity index (χ0v) is 15.9. The van der Waals surface area contributed by atoms with E-state index in [1.807, 2.05) is 25.1 Å². The van der Waals surface area contributed by atoms with Gasteiger partial charge in [-0.05, 0) is 64.4 Å². The Balaban J connectivity index is 2.04. The van der Waals surface area contributed by atoms with Crippen LogP contribution >= 0.6 is 0 Å². The van der Waals surface area contributed by atoms with Crippen molar-refractivity contribution >= 4 is 11.6 Å². The molecule has 1 amide bonds. The molecule has 3 unspecified atom stereocenters. The minimum atomic E-state index is -0.0993. The van der Waals surface area contributed by atoms with Crippen molar-refractivity contribution in [1.82, 2.24) is 9.80 Å². The molecule has 1 saturated heterocycles. The molecule has 1 fully saturated rings. The Kier molecular flexibility index (Phi) is 6.81. The Bertz CT molecular complexity index is 543. The molecule has 0 saturated carbocycles. The molecule has 0 aromatic heterocycles. The minimum absolute atomic E-state index is 0.0993. The van der Waals surface area contributed by atoms with Gasteiger partial charge in [0.15, 0.2) is 0 Å². The number of carbonyl (C=O) groups is 1. The van der Waals surface area contributed by atoms with Gasteiger partial charge in [0.2, 0.25) is 5.91 Å². The summed E-state index contributed by atoms with van der Waals surface area (Å²) in [6.45, 7) is 8.39. The van der Waals surface area contributed by atoms with E-state index in [-0.39, 0.29) is 11.9 Å². The Hall–Kier alpha value is -1.39. The van der Waals surface area contributed by atoms with E-state index in [2.05, 4.69) is 49.1 Å². The molecule has 0 bridgehead atoms. The van der Waals surface area contributed by atoms with Crippen LogP contribution in [0.15, 0.2) is 24.3 Å². The molecule has 1 aliphatic heterocycles. The van der Waals surface area contributed by atoms with Crippen LogP contribution in [0.3, 0.4) is 0 Å². The van der Waals surface area contributed by atoms with E-state index in [1.54, 1.807) is 0 Å². The highest BCUT2D eigenvalue weighted by molar-refractivity contribution is 5.95. The van der Waals surface area contributed by atoms with Crippen molar-refractivity contribution in [3.8, 4) is 0 Å². The number of benzene rings is 1. The van der Waals surface area contributed by atoms with Gasteiger partial charge in [-0.2, -0.15) is 0 Å². The van der Waals surface area contributed by atoms with Gasteiger partial charge in [0, 0.05) is 18.3 Å². The van der Waals surface area contributed by atoms with Crippen LogP contribution in [0.2, 0.25) is 0 Å². The largest absolute Gasteiger partial charge is 0.324 e. The van der Waals surface area contributed by atoms with Crippen molar-refractivity contribution in [2.45, 2.75) is 58.0 Å². The Morgan fingerprint density at radius 1 is 1.33 bits per heavy atom. The van der Waals surface area contributed by atoms with Gasteiger partial charge < -0.3 is 10.2 Å². The standard InChI is InChI=1S/C20H33N3O/c1-6-15(2)18-11-7-8-12-19(18)21-20(24)16(3)23-13-9-10-17(14-23)22(4)5/h7-8,11-12,15-17H,6,9-10,13-14H2,1-5H3,(H,21,24). The SMILES string of the molecule is CCC(C)c1ccccc1NC(=O)C(C)N1CCCC(N(C)C)C1. The Morgan fingerprint density at radius 2 is 2.04 bits per heavy atom. The monoisotopic (exact) mass is 331 g/mol. The lowest BCUT2D eigenvalue weighted by Crippen LogP contribution is -2.51. The summed E-state index contributed by atoms with van der Waals surface area (Å²) in [6.07, 6.45) is 3.44. The first kappa shape index (κ1) is 18.9. The Morgan fingerprint density at radius 3 is 2.71 bits per heavy atom. The molecule has 1 aliphatic rings. The maximum Gasteiger partial charge on any atom is 0.241 e. The number of amides is 1. The second-order valence-corrected chi connectivity index (χ2v) is 7.32. The highest BCUT2D eigenvalue weighted by atomic mass is 16.2. The van der Waals surface area contributed by atoms with Crippen LogP contribution in [0.5, 0.6) is 0 Å². The van der Waals surface area contributed by atoms with Crippen molar-refractivity contribution < 1.29 is 4.79 Å². The Labute approximate surface area is 147 Å². The lowest BCUT2D eigenvalue weighted by molar-refractivity contribution is -0.121. The molecule has 0 radical (unpaired) electrons. The maximum absolute atomic E-state index is 12.8. The van der Waals surface area contributed by atoms with Crippen molar-refractivity contribution in [2.24, 2.45) is 0 Å². The molecule has 1 aromatic rings. The predicted octanol–water partition coefficient (Wildman–Crippen LogP) is 3.55. The van der Waals surface area contributed by atoms with Gasteiger partial charge in [0.1, 0.15) is 0 Å². The first-order chi connectivity index (χ1) is 11.4. The summed E-state index contributed by atoms with van der Waals surface area (Å²) in [7, 11) is 4.25. The summed E-state index contributed by atoms with van der Waals surface area (Å²) in [5.41, 5.74) is 2.19. The zero-order chi connectivity index (χ0) is 17.7. The molecule has 3 atom stereocenters. The summed E-state index contributed by atoms with van der Waals surface area (Å²) in [6, 6.07) is 8.63. The van der Waals surface area contributed by atoms with E-state index < -0.39 is 0 Å². The van der Waals surface area contributed by atoms with E-state index in [0.717, 1.165) is 31.6 Å². The maximum atomic E-state index is 12.8. The van der Waals surface area contributed by atoms with Crippen LogP contribution in [0, 0.1) is 0 Å². The van der Waals surface area contributed by atoms with E-state index >= 15 is 0 Å². The molecule has 1 heterocycles. The fraction of sp³-hybridized carbons (Fsp3) is 0.650. The van der Waals surface area contributed by atoms with E-state index in [0.29, 0.717) is 12.0 Å². The van der Waals surface area contributed by atoms with Gasteiger partial charge in [-0.3, -0.25) is 9.69 Å². The normalized spacial score (nSPS) is 21.5. The van der Waals surface area contributed by atoms with Gasteiger partial charge in [-0.15, -0.1) is 0 Å². The molecule has 4 heteroatoms. The fourth-order valence-electron chi connectivity index (χ4n) is 3.42. The highest BCUT2D eigenvalue weighted by Gasteiger charge is 2.28. The number of carbonyl (C=O) groups excluding carboxylic acids is 1. The third-order valence-corrected chi connectivity index (χ3v) is 5.45. The van der Waals surface area contributed by atoms with Gasteiger partial charge in [0.25, 0.3) is 0 Å². The number of piperidine rings is 1. The molecule has 4 nitrogen and oxygen atoms in total. The predicted molar refractivity (Wildman–Crippen MR) is 102 cm³/mol. The summed E-state index contributed by atoms with van der Waals surface area (Å²) >= 11 is 0. The number of nitrogens with zero attached hydrogens (tertiary/aromatic N) is 2. The number of hydrogen-bond donors (Lipinski definition) is 1. The number of hydrogen-bond acceptors (Lipinski definition) is 3. The summed E-state index contributed by atoms with van der Waals surface area (Å²) in [4.78, 5) is 17.4. The van der Waals surface area contributed by atoms with Crippen molar-refractivity contribution in [1.29, 1.82) is 0 Å². The van der Waals surface area contributed by atoms with E-state index in [1.165, 1.54) is 12.0 Å². The first-order valence-corrected chi connectivity index (χ1v) is 9.24. The molecular formula is C20H33N3O. The molecule has 134 valence electrons. The number of nitrogens with one attached hydrogen (secondary N) is 1. The van der Waals surface area contributed by atoms with Gasteiger partial charge in [-0.25, -0.2) is 0 Å². The van der Waals surface area contributed by atoms with Crippen molar-refractivity contribution in [2.75, 3.05) is 32.5 Å². The minimum Gasteiger partial charge on any atom is -0.324 e. The highest BCUT2D eigenvalue weighted by Crippen LogP contribution is 2.27. The van der Waals surface area contributed by atoms with Crippen molar-refractivity contribution in [3.63, 3.8) is 0 Å². The molecule has 1 aromatic carbocycles. The third kappa shape index (κ3) is 4.58. The second-order valence-electron chi connectivity index (χ2n) is 7.32. The molecule has 0 spiro atoms. The van der Waals surface area contributed by atoms with Crippen LogP contribution in [0.4, 0.5) is 5.69 Å². The van der Waals surface area contributed by atoms with Crippen LogP contribution in [0.25, 0.3) is 0 Å². The smallest absolute Gasteiger partial charge is 0.241 e. The zero-order valence-electron chi connectivity index (χ0n) is 15.9. The van der Waals surface area contributed by atoms with Crippen LogP contribution in [-0.4, -0.2) is 55.0 Å². The summed E-state index contributed by atoms with van der Waals surface area (Å²) in [5, 5.41) is 3.17. The van der Waals surface area contributed by atoms with Crippen molar-refractivity contribution in [3.05, 3.63) is 29.8 Å². The van der Waals surface area contributed by atoms with Gasteiger partial charge >= 0.3 is 0 Å². The third-order valence-electron chi connectivity index (χ3n) is 5.45. The number of para-hydroxylation sites is 1. The number of likely N-dealkylation sites (tertiary alicyclic amines) is 1. The second kappa shape index (κ2) is 8.63. The van der Waals surface area contributed by atoms with E-state index in [9.17, 15) is 4.79 Å². The fourth-order valence-corrected chi connectivity index (χ4v) is 3.42.